The Bertz CT molecular complexity index is 293. The van der Waals surface area contributed by atoms with Crippen molar-refractivity contribution in [2.24, 2.45) is 0 Å². The molecule has 15 heavy (non-hydrogen) atoms. The maximum Gasteiger partial charge on any atom is 0.126 e. The van der Waals surface area contributed by atoms with Gasteiger partial charge in [-0.2, -0.15) is 0 Å². The van der Waals surface area contributed by atoms with Gasteiger partial charge >= 0.3 is 0 Å². The summed E-state index contributed by atoms with van der Waals surface area (Å²) in [5.41, 5.74) is 1.18. The number of hydrogen-bond donors (Lipinski definition) is 1. The van der Waals surface area contributed by atoms with Gasteiger partial charge in [0, 0.05) is 19.6 Å². The molecular weight excluding hydrogens is 190 g/mol. The predicted molar refractivity (Wildman–Crippen MR) is 61.4 cm³/mol. The molecule has 1 fully saturated rings. The highest BCUT2D eigenvalue weighted by Crippen LogP contribution is 2.16. The van der Waals surface area contributed by atoms with Gasteiger partial charge in [-0.15, -0.1) is 0 Å². The zero-order valence-electron chi connectivity index (χ0n) is 9.07. The number of anilines is 2. The van der Waals surface area contributed by atoms with Gasteiger partial charge in [0.25, 0.3) is 0 Å². The van der Waals surface area contributed by atoms with Gasteiger partial charge in [-0.25, -0.2) is 4.98 Å². The Kier molecular flexibility index (Phi) is 3.40. The molecule has 1 N–H and O–H groups in total. The topological polar surface area (TPSA) is 37.4 Å². The van der Waals surface area contributed by atoms with Crippen LogP contribution >= 0.6 is 0 Å². The van der Waals surface area contributed by atoms with Crippen LogP contribution in [0.4, 0.5) is 11.5 Å². The molecule has 1 aliphatic heterocycles. The third kappa shape index (κ3) is 2.59. The van der Waals surface area contributed by atoms with Crippen LogP contribution < -0.4 is 10.2 Å². The fourth-order valence-corrected chi connectivity index (χ4v) is 1.68. The molecule has 0 aliphatic carbocycles. The minimum absolute atomic E-state index is 0.814. The van der Waals surface area contributed by atoms with Crippen molar-refractivity contribution in [3.63, 3.8) is 0 Å². The summed E-state index contributed by atoms with van der Waals surface area (Å²) in [5.74, 6) is 0.939. The fourth-order valence-electron chi connectivity index (χ4n) is 1.68. The van der Waals surface area contributed by atoms with Crippen LogP contribution in [0.25, 0.3) is 0 Å². The average Bonchev–Trinajstić information content (AvgIpc) is 2.32. The van der Waals surface area contributed by atoms with Crippen LogP contribution in [0.1, 0.15) is 6.92 Å². The van der Waals surface area contributed by atoms with Crippen LogP contribution in [0.15, 0.2) is 18.3 Å². The van der Waals surface area contributed by atoms with E-state index in [-0.39, 0.29) is 0 Å². The summed E-state index contributed by atoms with van der Waals surface area (Å²) in [7, 11) is 0. The van der Waals surface area contributed by atoms with E-state index >= 15 is 0 Å². The lowest BCUT2D eigenvalue weighted by Crippen LogP contribution is -2.36. The SMILES string of the molecule is CCNc1ccc(N2CCOCC2)cn1. The molecule has 4 nitrogen and oxygen atoms in total. The Morgan fingerprint density at radius 1 is 1.40 bits per heavy atom. The highest BCUT2D eigenvalue weighted by Gasteiger charge is 2.10. The Labute approximate surface area is 90.3 Å². The van der Waals surface area contributed by atoms with Crippen molar-refractivity contribution in [1.29, 1.82) is 0 Å². The molecule has 1 aromatic rings. The maximum absolute atomic E-state index is 5.31. The molecule has 4 heteroatoms. The zero-order valence-corrected chi connectivity index (χ0v) is 9.07. The zero-order chi connectivity index (χ0) is 10.5. The van der Waals surface area contributed by atoms with E-state index in [4.69, 9.17) is 4.74 Å². The van der Waals surface area contributed by atoms with Gasteiger partial charge in [-0.1, -0.05) is 0 Å². The second-order valence-corrected chi connectivity index (χ2v) is 3.53. The maximum atomic E-state index is 5.31. The molecule has 0 atom stereocenters. The minimum atomic E-state index is 0.814. The Balaban J connectivity index is 2.02. The molecule has 0 spiro atoms. The number of hydrogen-bond acceptors (Lipinski definition) is 4. The quantitative estimate of drug-likeness (QED) is 0.812. The number of morpholine rings is 1. The normalized spacial score (nSPS) is 16.5. The number of nitrogens with one attached hydrogen (secondary N) is 1. The lowest BCUT2D eigenvalue weighted by Gasteiger charge is -2.28. The first-order valence-corrected chi connectivity index (χ1v) is 5.43. The van der Waals surface area contributed by atoms with E-state index in [0.29, 0.717) is 0 Å². The number of rotatable bonds is 3. The van der Waals surface area contributed by atoms with Gasteiger partial charge in [0.1, 0.15) is 5.82 Å². The summed E-state index contributed by atoms with van der Waals surface area (Å²) < 4.78 is 5.31. The van der Waals surface area contributed by atoms with E-state index in [2.05, 4.69) is 28.2 Å². The first kappa shape index (κ1) is 10.2. The summed E-state index contributed by atoms with van der Waals surface area (Å²) in [4.78, 5) is 6.65. The molecule has 0 bridgehead atoms. The van der Waals surface area contributed by atoms with E-state index < -0.39 is 0 Å². The van der Waals surface area contributed by atoms with E-state index in [1.807, 2.05) is 12.3 Å². The molecular formula is C11H17N3O. The fraction of sp³-hybridized carbons (Fsp3) is 0.545. The van der Waals surface area contributed by atoms with Crippen LogP contribution in [0.5, 0.6) is 0 Å². The van der Waals surface area contributed by atoms with Crippen LogP contribution in [-0.2, 0) is 4.74 Å². The highest BCUT2D eigenvalue weighted by atomic mass is 16.5. The van der Waals surface area contributed by atoms with Gasteiger partial charge in [0.05, 0.1) is 25.1 Å². The molecule has 1 saturated heterocycles. The molecule has 0 radical (unpaired) electrons. The van der Waals surface area contributed by atoms with Crippen molar-refractivity contribution in [3.8, 4) is 0 Å². The number of ether oxygens (including phenoxy) is 1. The summed E-state index contributed by atoms with van der Waals surface area (Å²) >= 11 is 0. The van der Waals surface area contributed by atoms with Gasteiger partial charge in [0.2, 0.25) is 0 Å². The molecule has 2 rings (SSSR count). The Hall–Kier alpha value is -1.29. The van der Waals surface area contributed by atoms with Crippen molar-refractivity contribution in [3.05, 3.63) is 18.3 Å². The third-order valence-electron chi connectivity index (χ3n) is 2.48. The van der Waals surface area contributed by atoms with Crippen molar-refractivity contribution in [2.45, 2.75) is 6.92 Å². The largest absolute Gasteiger partial charge is 0.378 e. The van der Waals surface area contributed by atoms with Gasteiger partial charge < -0.3 is 15.0 Å². The number of nitrogens with zero attached hydrogens (tertiary/aromatic N) is 2. The molecule has 0 amide bonds. The van der Waals surface area contributed by atoms with E-state index in [0.717, 1.165) is 38.7 Å². The van der Waals surface area contributed by atoms with Crippen LogP contribution in [0.2, 0.25) is 0 Å². The molecule has 0 saturated carbocycles. The summed E-state index contributed by atoms with van der Waals surface area (Å²) in [6.07, 6.45) is 1.92. The van der Waals surface area contributed by atoms with Crippen molar-refractivity contribution in [1.82, 2.24) is 4.98 Å². The third-order valence-corrected chi connectivity index (χ3v) is 2.48. The lowest BCUT2D eigenvalue weighted by molar-refractivity contribution is 0.122. The van der Waals surface area contributed by atoms with Crippen molar-refractivity contribution < 1.29 is 4.74 Å². The number of aromatic nitrogens is 1. The highest BCUT2D eigenvalue weighted by molar-refractivity contribution is 5.49. The number of pyridine rings is 1. The smallest absolute Gasteiger partial charge is 0.126 e. The molecule has 1 aromatic heterocycles. The Morgan fingerprint density at radius 2 is 2.20 bits per heavy atom. The van der Waals surface area contributed by atoms with Crippen molar-refractivity contribution in [2.75, 3.05) is 43.1 Å². The lowest BCUT2D eigenvalue weighted by atomic mass is 10.3. The minimum Gasteiger partial charge on any atom is -0.378 e. The van der Waals surface area contributed by atoms with Crippen LogP contribution in [0, 0.1) is 0 Å². The monoisotopic (exact) mass is 207 g/mol. The summed E-state index contributed by atoms with van der Waals surface area (Å²) in [6.45, 7) is 6.52. The average molecular weight is 207 g/mol. The van der Waals surface area contributed by atoms with Gasteiger partial charge in [-0.05, 0) is 19.1 Å². The van der Waals surface area contributed by atoms with Gasteiger partial charge in [-0.3, -0.25) is 0 Å². The van der Waals surface area contributed by atoms with E-state index in [9.17, 15) is 0 Å². The van der Waals surface area contributed by atoms with Crippen molar-refractivity contribution >= 4 is 11.5 Å². The molecule has 82 valence electrons. The molecule has 2 heterocycles. The summed E-state index contributed by atoms with van der Waals surface area (Å²) in [5, 5.41) is 3.18. The Morgan fingerprint density at radius 3 is 2.80 bits per heavy atom. The molecule has 1 aliphatic rings. The standard InChI is InChI=1S/C11H17N3O/c1-2-12-11-4-3-10(9-13-11)14-5-7-15-8-6-14/h3-4,9H,2,5-8H2,1H3,(H,12,13). The van der Waals surface area contributed by atoms with Crippen LogP contribution in [0.3, 0.4) is 0 Å². The molecule has 0 aromatic carbocycles. The molecule has 0 unspecified atom stereocenters. The van der Waals surface area contributed by atoms with Crippen LogP contribution in [-0.4, -0.2) is 37.8 Å². The van der Waals surface area contributed by atoms with E-state index in [1.165, 1.54) is 5.69 Å². The first-order valence-electron chi connectivity index (χ1n) is 5.43. The van der Waals surface area contributed by atoms with Gasteiger partial charge in [0.15, 0.2) is 0 Å². The predicted octanol–water partition coefficient (Wildman–Crippen LogP) is 1.35. The second kappa shape index (κ2) is 4.98. The first-order chi connectivity index (χ1) is 7.40. The second-order valence-electron chi connectivity index (χ2n) is 3.53. The van der Waals surface area contributed by atoms with E-state index in [1.54, 1.807) is 0 Å². The summed E-state index contributed by atoms with van der Waals surface area (Å²) in [6, 6.07) is 4.13.